The second-order valence-corrected chi connectivity index (χ2v) is 5.29. The van der Waals surface area contributed by atoms with Crippen molar-refractivity contribution in [2.75, 3.05) is 18.2 Å². The number of nitrogens with one attached hydrogen (secondary N) is 1. The Balaban J connectivity index is 2.19. The number of methoxy groups -OCH3 is 1. The molecule has 6 heteroatoms. The highest BCUT2D eigenvalue weighted by Crippen LogP contribution is 2.34. The Morgan fingerprint density at radius 2 is 2.10 bits per heavy atom. The van der Waals surface area contributed by atoms with Gasteiger partial charge >= 0.3 is 0 Å². The van der Waals surface area contributed by atoms with Gasteiger partial charge in [0.1, 0.15) is 16.4 Å². The zero-order valence-corrected chi connectivity index (χ0v) is 12.3. The van der Waals surface area contributed by atoms with Crippen LogP contribution in [-0.4, -0.2) is 18.0 Å². The Labute approximate surface area is 121 Å². The topological polar surface area (TPSA) is 77.2 Å². The van der Waals surface area contributed by atoms with Gasteiger partial charge in [0.15, 0.2) is 5.13 Å². The van der Waals surface area contributed by atoms with E-state index < -0.39 is 0 Å². The molecular formula is C14H17N3O2S. The minimum atomic E-state index is -0.0393. The van der Waals surface area contributed by atoms with Crippen molar-refractivity contribution >= 4 is 27.4 Å². The van der Waals surface area contributed by atoms with Gasteiger partial charge < -0.3 is 15.8 Å². The molecule has 0 aliphatic heterocycles. The molecule has 3 N–H and O–H groups in total. The first-order valence-electron chi connectivity index (χ1n) is 6.34. The number of hydrogen-bond acceptors (Lipinski definition) is 5. The normalized spacial score (nSPS) is 10.3. The van der Waals surface area contributed by atoms with Gasteiger partial charge in [-0.3, -0.25) is 4.79 Å². The van der Waals surface area contributed by atoms with Crippen LogP contribution in [0.4, 0.5) is 10.1 Å². The van der Waals surface area contributed by atoms with Crippen LogP contribution >= 0.6 is 11.3 Å². The van der Waals surface area contributed by atoms with E-state index in [1.54, 1.807) is 7.11 Å². The van der Waals surface area contributed by atoms with Crippen LogP contribution in [0, 0.1) is 0 Å². The molecular weight excluding hydrogens is 274 g/mol. The minimum Gasteiger partial charge on any atom is -0.497 e. The van der Waals surface area contributed by atoms with Crippen molar-refractivity contribution in [2.24, 2.45) is 0 Å². The first kappa shape index (κ1) is 14.3. The Kier molecular flexibility index (Phi) is 4.57. The third-order valence-electron chi connectivity index (χ3n) is 2.74. The third kappa shape index (κ3) is 3.27. The number of thiazole rings is 1. The minimum absolute atomic E-state index is 0.0393. The summed E-state index contributed by atoms with van der Waals surface area (Å²) in [5, 5.41) is 3.88. The summed E-state index contributed by atoms with van der Waals surface area (Å²) in [4.78, 5) is 15.9. The molecule has 2 aromatic rings. The van der Waals surface area contributed by atoms with Gasteiger partial charge in [-0.05, 0) is 30.7 Å². The standard InChI is InChI=1S/C14H17N3O2S/c1-3-4-11(18)16-14-17-12(13(15)20-14)9-5-7-10(19-2)8-6-9/h5-8H,3-4,15H2,1-2H3,(H,16,17,18). The van der Waals surface area contributed by atoms with Gasteiger partial charge in [0.25, 0.3) is 0 Å². The molecule has 0 unspecified atom stereocenters. The van der Waals surface area contributed by atoms with Crippen molar-refractivity contribution in [3.63, 3.8) is 0 Å². The zero-order valence-electron chi connectivity index (χ0n) is 11.5. The van der Waals surface area contributed by atoms with Crippen molar-refractivity contribution in [1.29, 1.82) is 0 Å². The van der Waals surface area contributed by atoms with Crippen LogP contribution in [0.5, 0.6) is 5.75 Å². The van der Waals surface area contributed by atoms with E-state index in [9.17, 15) is 4.79 Å². The van der Waals surface area contributed by atoms with Gasteiger partial charge in [-0.2, -0.15) is 0 Å². The number of amides is 1. The fourth-order valence-electron chi connectivity index (χ4n) is 1.75. The van der Waals surface area contributed by atoms with E-state index in [1.807, 2.05) is 31.2 Å². The van der Waals surface area contributed by atoms with Crippen LogP contribution in [0.1, 0.15) is 19.8 Å². The number of benzene rings is 1. The highest BCUT2D eigenvalue weighted by atomic mass is 32.1. The molecule has 0 radical (unpaired) electrons. The molecule has 1 aromatic carbocycles. The summed E-state index contributed by atoms with van der Waals surface area (Å²) in [5.41, 5.74) is 7.55. The maximum Gasteiger partial charge on any atom is 0.226 e. The van der Waals surface area contributed by atoms with E-state index in [0.29, 0.717) is 22.2 Å². The van der Waals surface area contributed by atoms with E-state index in [2.05, 4.69) is 10.3 Å². The summed E-state index contributed by atoms with van der Waals surface area (Å²) in [5.74, 6) is 0.738. The van der Waals surface area contributed by atoms with E-state index in [-0.39, 0.29) is 5.91 Å². The summed E-state index contributed by atoms with van der Waals surface area (Å²) >= 11 is 1.28. The number of carbonyl (C=O) groups is 1. The molecule has 5 nitrogen and oxygen atoms in total. The fourth-order valence-corrected chi connectivity index (χ4v) is 2.52. The maximum absolute atomic E-state index is 11.6. The highest BCUT2D eigenvalue weighted by molar-refractivity contribution is 7.20. The van der Waals surface area contributed by atoms with Crippen molar-refractivity contribution in [1.82, 2.24) is 4.98 Å². The molecule has 1 aromatic heterocycles. The third-order valence-corrected chi connectivity index (χ3v) is 3.54. The number of hydrogen-bond donors (Lipinski definition) is 2. The molecule has 0 atom stereocenters. The lowest BCUT2D eigenvalue weighted by Gasteiger charge is -2.01. The zero-order chi connectivity index (χ0) is 14.5. The fraction of sp³-hybridized carbons (Fsp3) is 0.286. The van der Waals surface area contributed by atoms with Crippen LogP contribution in [0.25, 0.3) is 11.3 Å². The SMILES string of the molecule is CCCC(=O)Nc1nc(-c2ccc(OC)cc2)c(N)s1. The van der Waals surface area contributed by atoms with Gasteiger partial charge in [0, 0.05) is 12.0 Å². The average Bonchev–Trinajstić information content (AvgIpc) is 2.80. The molecule has 0 saturated carbocycles. The summed E-state index contributed by atoms with van der Waals surface area (Å²) in [6.45, 7) is 1.96. The number of rotatable bonds is 5. The molecule has 20 heavy (non-hydrogen) atoms. The lowest BCUT2D eigenvalue weighted by molar-refractivity contribution is -0.116. The van der Waals surface area contributed by atoms with Gasteiger partial charge in [-0.15, -0.1) is 0 Å². The number of carbonyl (C=O) groups excluding carboxylic acids is 1. The van der Waals surface area contributed by atoms with Gasteiger partial charge in [0.2, 0.25) is 5.91 Å². The Hall–Kier alpha value is -2.08. The van der Waals surface area contributed by atoms with E-state index >= 15 is 0 Å². The lowest BCUT2D eigenvalue weighted by atomic mass is 10.1. The number of nitrogens with zero attached hydrogens (tertiary/aromatic N) is 1. The first-order chi connectivity index (χ1) is 9.63. The second kappa shape index (κ2) is 6.38. The quantitative estimate of drug-likeness (QED) is 0.887. The summed E-state index contributed by atoms with van der Waals surface area (Å²) in [6, 6.07) is 7.48. The van der Waals surface area contributed by atoms with Crippen molar-refractivity contribution in [3.05, 3.63) is 24.3 Å². The predicted molar refractivity (Wildman–Crippen MR) is 82.1 cm³/mol. The monoisotopic (exact) mass is 291 g/mol. The van der Waals surface area contributed by atoms with E-state index in [1.165, 1.54) is 11.3 Å². The van der Waals surface area contributed by atoms with Crippen LogP contribution in [0.15, 0.2) is 24.3 Å². The van der Waals surface area contributed by atoms with Crippen LogP contribution < -0.4 is 15.8 Å². The maximum atomic E-state index is 11.6. The number of nitrogens with two attached hydrogens (primary N) is 1. The Bertz CT molecular complexity index is 593. The van der Waals surface area contributed by atoms with Crippen LogP contribution in [0.3, 0.4) is 0 Å². The molecule has 106 valence electrons. The van der Waals surface area contributed by atoms with Crippen LogP contribution in [-0.2, 0) is 4.79 Å². The van der Waals surface area contributed by atoms with Gasteiger partial charge in [-0.25, -0.2) is 4.98 Å². The highest BCUT2D eigenvalue weighted by Gasteiger charge is 2.12. The van der Waals surface area contributed by atoms with Gasteiger partial charge in [0.05, 0.1) is 7.11 Å². The first-order valence-corrected chi connectivity index (χ1v) is 7.16. The molecule has 0 spiro atoms. The number of anilines is 2. The van der Waals surface area contributed by atoms with Crippen molar-refractivity contribution < 1.29 is 9.53 Å². The largest absolute Gasteiger partial charge is 0.497 e. The summed E-state index contributed by atoms with van der Waals surface area (Å²) in [6.07, 6.45) is 1.29. The lowest BCUT2D eigenvalue weighted by Crippen LogP contribution is -2.10. The number of ether oxygens (including phenoxy) is 1. The number of nitrogen functional groups attached to an aromatic ring is 1. The Morgan fingerprint density at radius 3 is 2.70 bits per heavy atom. The summed E-state index contributed by atoms with van der Waals surface area (Å²) in [7, 11) is 1.62. The second-order valence-electron chi connectivity index (χ2n) is 4.26. The molecule has 2 rings (SSSR count). The molecule has 0 fully saturated rings. The molecule has 0 bridgehead atoms. The summed E-state index contributed by atoms with van der Waals surface area (Å²) < 4.78 is 5.11. The Morgan fingerprint density at radius 1 is 1.40 bits per heavy atom. The predicted octanol–water partition coefficient (Wildman–Crippen LogP) is 3.14. The van der Waals surface area contributed by atoms with E-state index in [0.717, 1.165) is 17.7 Å². The molecule has 0 saturated heterocycles. The smallest absolute Gasteiger partial charge is 0.226 e. The van der Waals surface area contributed by atoms with Gasteiger partial charge in [-0.1, -0.05) is 18.3 Å². The molecule has 0 aliphatic carbocycles. The van der Waals surface area contributed by atoms with Crippen LogP contribution in [0.2, 0.25) is 0 Å². The molecule has 1 heterocycles. The van der Waals surface area contributed by atoms with Crippen molar-refractivity contribution in [3.8, 4) is 17.0 Å². The molecule has 0 aliphatic rings. The number of aromatic nitrogens is 1. The van der Waals surface area contributed by atoms with Crippen molar-refractivity contribution in [2.45, 2.75) is 19.8 Å². The average molecular weight is 291 g/mol. The molecule has 1 amide bonds. The van der Waals surface area contributed by atoms with E-state index in [4.69, 9.17) is 10.5 Å².